The van der Waals surface area contributed by atoms with Gasteiger partial charge in [-0.3, -0.25) is 9.89 Å². The molecule has 2 heterocycles. The Balaban J connectivity index is 1.80. The molecule has 0 saturated carbocycles. The molecule has 1 aliphatic heterocycles. The SMILES string of the molecule is CN=C(NCCc1nc(C(F)(F)F)cs1)NCC(C)(C)N1CC(C)OC(C)C1. The second-order valence-corrected chi connectivity index (χ2v) is 8.64. The normalized spacial score (nSPS) is 22.4. The molecule has 1 aliphatic rings. The molecule has 2 atom stereocenters. The van der Waals surface area contributed by atoms with E-state index in [2.05, 4.69) is 53.2 Å². The van der Waals surface area contributed by atoms with Gasteiger partial charge in [0.15, 0.2) is 11.7 Å². The smallest absolute Gasteiger partial charge is 0.373 e. The van der Waals surface area contributed by atoms with Crippen molar-refractivity contribution in [2.24, 2.45) is 4.99 Å². The zero-order valence-electron chi connectivity index (χ0n) is 17.1. The molecule has 1 aromatic heterocycles. The summed E-state index contributed by atoms with van der Waals surface area (Å²) in [6, 6.07) is 0. The molecule has 0 amide bonds. The van der Waals surface area contributed by atoms with Crippen molar-refractivity contribution >= 4 is 17.3 Å². The third-order valence-electron chi connectivity index (χ3n) is 4.66. The molecule has 2 rings (SSSR count). The fraction of sp³-hybridized carbons (Fsp3) is 0.778. The van der Waals surface area contributed by atoms with Crippen LogP contribution in [0.4, 0.5) is 13.2 Å². The van der Waals surface area contributed by atoms with E-state index in [0.717, 1.165) is 29.8 Å². The van der Waals surface area contributed by atoms with Crippen molar-refractivity contribution in [3.8, 4) is 0 Å². The average molecular weight is 422 g/mol. The van der Waals surface area contributed by atoms with Gasteiger partial charge in [0, 0.05) is 50.6 Å². The lowest BCUT2D eigenvalue weighted by Gasteiger charge is -2.45. The Morgan fingerprint density at radius 3 is 2.46 bits per heavy atom. The predicted molar refractivity (Wildman–Crippen MR) is 106 cm³/mol. The summed E-state index contributed by atoms with van der Waals surface area (Å²) in [5, 5.41) is 7.95. The molecule has 6 nitrogen and oxygen atoms in total. The molecule has 0 aromatic carbocycles. The minimum Gasteiger partial charge on any atom is -0.373 e. The van der Waals surface area contributed by atoms with E-state index in [0.29, 0.717) is 30.5 Å². The number of halogens is 3. The highest BCUT2D eigenvalue weighted by molar-refractivity contribution is 7.09. The highest BCUT2D eigenvalue weighted by Crippen LogP contribution is 2.30. The van der Waals surface area contributed by atoms with E-state index in [1.807, 2.05) is 0 Å². The number of nitrogens with one attached hydrogen (secondary N) is 2. The lowest BCUT2D eigenvalue weighted by Crippen LogP contribution is -2.59. The van der Waals surface area contributed by atoms with E-state index in [-0.39, 0.29) is 17.7 Å². The number of aliphatic imine (C=N–C) groups is 1. The van der Waals surface area contributed by atoms with Crippen LogP contribution in [0.1, 0.15) is 38.4 Å². The van der Waals surface area contributed by atoms with E-state index >= 15 is 0 Å². The van der Waals surface area contributed by atoms with Crippen LogP contribution in [0.25, 0.3) is 0 Å². The van der Waals surface area contributed by atoms with Gasteiger partial charge >= 0.3 is 6.18 Å². The first-order valence-electron chi connectivity index (χ1n) is 9.38. The average Bonchev–Trinajstić information content (AvgIpc) is 3.06. The van der Waals surface area contributed by atoms with Crippen LogP contribution in [-0.2, 0) is 17.3 Å². The minimum absolute atomic E-state index is 0.0964. The molecule has 160 valence electrons. The van der Waals surface area contributed by atoms with E-state index in [9.17, 15) is 13.2 Å². The molecular formula is C18H30F3N5OS. The van der Waals surface area contributed by atoms with Crippen LogP contribution < -0.4 is 10.6 Å². The molecule has 0 aliphatic carbocycles. The molecular weight excluding hydrogens is 391 g/mol. The predicted octanol–water partition coefficient (Wildman–Crippen LogP) is 2.76. The first-order valence-corrected chi connectivity index (χ1v) is 10.3. The van der Waals surface area contributed by atoms with E-state index in [1.54, 1.807) is 7.05 Å². The highest BCUT2D eigenvalue weighted by atomic mass is 32.1. The maximum absolute atomic E-state index is 12.6. The van der Waals surface area contributed by atoms with Gasteiger partial charge in [0.25, 0.3) is 0 Å². The Morgan fingerprint density at radius 1 is 1.29 bits per heavy atom. The summed E-state index contributed by atoms with van der Waals surface area (Å²) in [4.78, 5) is 10.2. The summed E-state index contributed by atoms with van der Waals surface area (Å²) in [6.07, 6.45) is -3.59. The van der Waals surface area contributed by atoms with Crippen LogP contribution in [-0.4, -0.2) is 66.8 Å². The van der Waals surface area contributed by atoms with Crippen molar-refractivity contribution in [3.05, 3.63) is 16.1 Å². The maximum atomic E-state index is 12.6. The van der Waals surface area contributed by atoms with Gasteiger partial charge in [0.1, 0.15) is 0 Å². The van der Waals surface area contributed by atoms with Gasteiger partial charge in [-0.2, -0.15) is 13.2 Å². The molecule has 2 unspecified atom stereocenters. The standard InChI is InChI=1S/C18H30F3N5OS/c1-12-8-26(9-13(2)27-12)17(3,4)11-24-16(22-5)23-7-6-15-25-14(10-28-15)18(19,20)21/h10,12-13H,6-9,11H2,1-5H3,(H2,22,23,24). The fourth-order valence-electron chi connectivity index (χ4n) is 3.15. The number of alkyl halides is 3. The number of nitrogens with zero attached hydrogens (tertiary/aromatic N) is 3. The Bertz CT molecular complexity index is 652. The van der Waals surface area contributed by atoms with Crippen molar-refractivity contribution in [2.75, 3.05) is 33.2 Å². The monoisotopic (exact) mass is 421 g/mol. The first-order chi connectivity index (χ1) is 13.0. The number of thiazole rings is 1. The second kappa shape index (κ2) is 9.41. The number of aromatic nitrogens is 1. The van der Waals surface area contributed by atoms with Gasteiger partial charge < -0.3 is 15.4 Å². The number of hydrogen-bond donors (Lipinski definition) is 2. The molecule has 0 spiro atoms. The maximum Gasteiger partial charge on any atom is 0.434 e. The topological polar surface area (TPSA) is 61.8 Å². The number of ether oxygens (including phenoxy) is 1. The summed E-state index contributed by atoms with van der Waals surface area (Å²) < 4.78 is 43.6. The van der Waals surface area contributed by atoms with Crippen LogP contribution in [0, 0.1) is 0 Å². The van der Waals surface area contributed by atoms with Gasteiger partial charge in [0.05, 0.1) is 17.2 Å². The van der Waals surface area contributed by atoms with Crippen molar-refractivity contribution < 1.29 is 17.9 Å². The van der Waals surface area contributed by atoms with Crippen molar-refractivity contribution in [3.63, 3.8) is 0 Å². The molecule has 28 heavy (non-hydrogen) atoms. The molecule has 2 N–H and O–H groups in total. The summed E-state index contributed by atoms with van der Waals surface area (Å²) >= 11 is 1.02. The van der Waals surface area contributed by atoms with Gasteiger partial charge in [-0.05, 0) is 27.7 Å². The molecule has 10 heteroatoms. The lowest BCUT2D eigenvalue weighted by atomic mass is 10.00. The Kier molecular flexibility index (Phi) is 7.69. The van der Waals surface area contributed by atoms with Crippen molar-refractivity contribution in [1.82, 2.24) is 20.5 Å². The molecule has 0 radical (unpaired) electrons. The molecule has 1 fully saturated rings. The highest BCUT2D eigenvalue weighted by Gasteiger charge is 2.34. The molecule has 1 aromatic rings. The van der Waals surface area contributed by atoms with E-state index in [1.165, 1.54) is 0 Å². The minimum atomic E-state index is -4.39. The first kappa shape index (κ1) is 22.9. The van der Waals surface area contributed by atoms with Gasteiger partial charge in [-0.1, -0.05) is 0 Å². The number of rotatable bonds is 6. The summed E-state index contributed by atoms with van der Waals surface area (Å²) in [5.74, 6) is 0.620. The van der Waals surface area contributed by atoms with Gasteiger partial charge in [0.2, 0.25) is 0 Å². The van der Waals surface area contributed by atoms with Gasteiger partial charge in [-0.15, -0.1) is 11.3 Å². The number of morpholine rings is 1. The number of guanidine groups is 1. The Hall–Kier alpha value is -1.39. The van der Waals surface area contributed by atoms with Crippen LogP contribution in [0.5, 0.6) is 0 Å². The van der Waals surface area contributed by atoms with Crippen molar-refractivity contribution in [1.29, 1.82) is 0 Å². The second-order valence-electron chi connectivity index (χ2n) is 7.70. The number of hydrogen-bond acceptors (Lipinski definition) is 5. The Labute approximate surface area is 168 Å². The van der Waals surface area contributed by atoms with E-state index in [4.69, 9.17) is 4.74 Å². The summed E-state index contributed by atoms with van der Waals surface area (Å²) in [5.41, 5.74) is -0.924. The quantitative estimate of drug-likeness (QED) is 0.546. The van der Waals surface area contributed by atoms with Crippen molar-refractivity contribution in [2.45, 2.75) is 58.0 Å². The molecule has 1 saturated heterocycles. The van der Waals surface area contributed by atoms with Crippen LogP contribution in [0.15, 0.2) is 10.4 Å². The lowest BCUT2D eigenvalue weighted by molar-refractivity contribution is -0.140. The Morgan fingerprint density at radius 2 is 1.93 bits per heavy atom. The van der Waals surface area contributed by atoms with Crippen LogP contribution >= 0.6 is 11.3 Å². The summed E-state index contributed by atoms with van der Waals surface area (Å²) in [7, 11) is 1.67. The third kappa shape index (κ3) is 6.59. The zero-order chi connectivity index (χ0) is 20.9. The van der Waals surface area contributed by atoms with Gasteiger partial charge in [-0.25, -0.2) is 4.98 Å². The van der Waals surface area contributed by atoms with Crippen LogP contribution in [0.2, 0.25) is 0 Å². The van der Waals surface area contributed by atoms with E-state index < -0.39 is 11.9 Å². The zero-order valence-corrected chi connectivity index (χ0v) is 17.9. The largest absolute Gasteiger partial charge is 0.434 e. The third-order valence-corrected chi connectivity index (χ3v) is 5.57. The van der Waals surface area contributed by atoms with Crippen LogP contribution in [0.3, 0.4) is 0 Å². The summed E-state index contributed by atoms with van der Waals surface area (Å²) in [6.45, 7) is 11.4. The molecule has 0 bridgehead atoms. The fourth-order valence-corrected chi connectivity index (χ4v) is 3.95.